The van der Waals surface area contributed by atoms with Crippen molar-refractivity contribution in [1.82, 2.24) is 19.9 Å². The number of amides is 2. The van der Waals surface area contributed by atoms with Crippen molar-refractivity contribution in [1.29, 1.82) is 0 Å². The van der Waals surface area contributed by atoms with Gasteiger partial charge in [0.15, 0.2) is 0 Å². The number of imide groups is 1. The number of nitrogen functional groups attached to an aromatic ring is 1. The van der Waals surface area contributed by atoms with Crippen molar-refractivity contribution in [3.05, 3.63) is 82.4 Å². The van der Waals surface area contributed by atoms with Crippen LogP contribution >= 0.6 is 0 Å². The number of benzene rings is 3. The minimum absolute atomic E-state index is 0.115. The molecule has 0 unspecified atom stereocenters. The first-order valence-electron chi connectivity index (χ1n) is 14.9. The van der Waals surface area contributed by atoms with Gasteiger partial charge in [0.1, 0.15) is 16.7 Å². The summed E-state index contributed by atoms with van der Waals surface area (Å²) in [7, 11) is 0. The zero-order valence-electron chi connectivity index (χ0n) is 26.2. The minimum atomic E-state index is -0.386. The molecule has 1 aromatic heterocycles. The van der Waals surface area contributed by atoms with Crippen LogP contribution in [0, 0.1) is 5.41 Å². The fourth-order valence-corrected chi connectivity index (χ4v) is 6.48. The molecule has 42 heavy (non-hydrogen) atoms. The quantitative estimate of drug-likeness (QED) is 0.177. The first kappa shape index (κ1) is 29.5. The van der Waals surface area contributed by atoms with Gasteiger partial charge in [-0.3, -0.25) is 14.5 Å². The molecule has 0 spiro atoms. The fraction of sp³-hybridized carbons (Fsp3) is 0.429. The second-order valence-electron chi connectivity index (χ2n) is 14.1. The Morgan fingerprint density at radius 3 is 1.88 bits per heavy atom. The number of fused-ring (bicyclic) bond motifs is 2. The number of aromatic nitrogens is 3. The third-order valence-corrected chi connectivity index (χ3v) is 8.50. The number of nitrogens with zero attached hydrogens (tertiary/aromatic N) is 4. The van der Waals surface area contributed by atoms with Crippen molar-refractivity contribution in [3.63, 3.8) is 0 Å². The molecule has 2 amide bonds. The largest absolute Gasteiger partial charge is 0.397 e. The first-order chi connectivity index (χ1) is 19.6. The van der Waals surface area contributed by atoms with E-state index in [0.717, 1.165) is 36.0 Å². The number of hydrogen-bond acceptors (Lipinski definition) is 5. The molecule has 5 rings (SSSR count). The maximum Gasteiger partial charge on any atom is 0.261 e. The van der Waals surface area contributed by atoms with Gasteiger partial charge >= 0.3 is 0 Å². The van der Waals surface area contributed by atoms with Crippen LogP contribution in [-0.4, -0.2) is 38.3 Å². The third kappa shape index (κ3) is 5.21. The van der Waals surface area contributed by atoms with E-state index in [9.17, 15) is 9.59 Å². The van der Waals surface area contributed by atoms with E-state index in [-0.39, 0.29) is 28.1 Å². The molecule has 0 aliphatic carbocycles. The van der Waals surface area contributed by atoms with Crippen molar-refractivity contribution in [2.75, 3.05) is 12.3 Å². The maximum atomic E-state index is 13.1. The number of nitrogens with two attached hydrogens (primary N) is 1. The second kappa shape index (κ2) is 10.4. The molecule has 7 nitrogen and oxygen atoms in total. The molecule has 3 aromatic carbocycles. The molecule has 0 fully saturated rings. The summed E-state index contributed by atoms with van der Waals surface area (Å²) >= 11 is 0. The fourth-order valence-electron chi connectivity index (χ4n) is 6.48. The molecular weight excluding hydrogens is 522 g/mol. The highest BCUT2D eigenvalue weighted by atomic mass is 16.2. The van der Waals surface area contributed by atoms with Crippen LogP contribution in [0.25, 0.3) is 16.7 Å². The number of carbonyl (C=O) groups is 2. The summed E-state index contributed by atoms with van der Waals surface area (Å²) in [5, 5.41) is 9.61. The highest BCUT2D eigenvalue weighted by Gasteiger charge is 2.37. The molecule has 0 saturated carbocycles. The van der Waals surface area contributed by atoms with E-state index >= 15 is 0 Å². The van der Waals surface area contributed by atoms with Crippen LogP contribution in [0.5, 0.6) is 0 Å². The molecule has 1 aliphatic rings. The average Bonchev–Trinajstić information content (AvgIpc) is 3.43. The lowest BCUT2D eigenvalue weighted by Crippen LogP contribution is -2.30. The lowest BCUT2D eigenvalue weighted by atomic mass is 9.70. The van der Waals surface area contributed by atoms with Gasteiger partial charge in [-0.15, -0.1) is 15.0 Å². The van der Waals surface area contributed by atoms with Crippen LogP contribution < -0.4 is 5.73 Å². The number of hydrogen-bond donors (Lipinski definition) is 1. The summed E-state index contributed by atoms with van der Waals surface area (Å²) in [6.07, 6.45) is 2.64. The second-order valence-corrected chi connectivity index (χ2v) is 14.1. The van der Waals surface area contributed by atoms with Gasteiger partial charge in [0.05, 0.1) is 16.8 Å². The Bertz CT molecular complexity index is 1620. The highest BCUT2D eigenvalue weighted by molar-refractivity contribution is 6.22. The SMILES string of the molecule is CCCCN1C(=O)c2cc3nn(-c4cc(C(C)(C)CC(C)(C)C)cc(C(C)(C)c5ccccc5)c4N)nc3cc2C1=O. The van der Waals surface area contributed by atoms with Crippen LogP contribution in [0.1, 0.15) is 112 Å². The molecule has 1 aliphatic heterocycles. The molecule has 0 saturated heterocycles. The lowest BCUT2D eigenvalue weighted by Gasteiger charge is -2.35. The molecule has 4 aromatic rings. The predicted molar refractivity (Wildman–Crippen MR) is 169 cm³/mol. The smallest absolute Gasteiger partial charge is 0.261 e. The normalized spacial score (nSPS) is 14.2. The van der Waals surface area contributed by atoms with E-state index in [1.165, 1.54) is 4.90 Å². The van der Waals surface area contributed by atoms with E-state index < -0.39 is 0 Å². The molecule has 0 atom stereocenters. The highest BCUT2D eigenvalue weighted by Crippen LogP contribution is 2.43. The Hall–Kier alpha value is -4.00. The van der Waals surface area contributed by atoms with E-state index in [4.69, 9.17) is 15.9 Å². The molecule has 0 radical (unpaired) electrons. The summed E-state index contributed by atoms with van der Waals surface area (Å²) in [5.74, 6) is -0.533. The van der Waals surface area contributed by atoms with Crippen molar-refractivity contribution in [2.45, 2.75) is 85.5 Å². The number of carbonyl (C=O) groups excluding carboxylic acids is 2. The van der Waals surface area contributed by atoms with Gasteiger partial charge in [-0.2, -0.15) is 0 Å². The van der Waals surface area contributed by atoms with Crippen molar-refractivity contribution < 1.29 is 9.59 Å². The topological polar surface area (TPSA) is 94.1 Å². The van der Waals surface area contributed by atoms with Gasteiger partial charge in [0.2, 0.25) is 0 Å². The van der Waals surface area contributed by atoms with Crippen LogP contribution in [0.15, 0.2) is 54.6 Å². The molecule has 2 N–H and O–H groups in total. The van der Waals surface area contributed by atoms with E-state index in [1.807, 2.05) is 13.0 Å². The Morgan fingerprint density at radius 2 is 1.36 bits per heavy atom. The lowest BCUT2D eigenvalue weighted by molar-refractivity contribution is 0.0652. The summed E-state index contributed by atoms with van der Waals surface area (Å²) in [4.78, 5) is 29.1. The standard InChI is InChI=1S/C35H43N5O2/c1-9-10-16-39-31(41)24-19-27-28(20-25(24)32(39)42)38-40(37-27)29-18-23(34(5,6)21-33(2,3)4)17-26(30(29)36)35(7,8)22-14-12-11-13-15-22/h11-15,17-20H,9-10,16,21,36H2,1-8H3. The minimum Gasteiger partial charge on any atom is -0.397 e. The van der Waals surface area contributed by atoms with Gasteiger partial charge in [-0.1, -0.05) is 98.2 Å². The van der Waals surface area contributed by atoms with Gasteiger partial charge in [0.25, 0.3) is 11.8 Å². The average molecular weight is 566 g/mol. The van der Waals surface area contributed by atoms with E-state index in [1.54, 1.807) is 16.9 Å². The van der Waals surface area contributed by atoms with Crippen LogP contribution in [0.2, 0.25) is 0 Å². The van der Waals surface area contributed by atoms with Crippen LogP contribution in [0.4, 0.5) is 5.69 Å². The van der Waals surface area contributed by atoms with E-state index in [2.05, 4.69) is 84.9 Å². The van der Waals surface area contributed by atoms with Crippen molar-refractivity contribution in [2.24, 2.45) is 5.41 Å². The number of anilines is 1. The molecular formula is C35H43N5O2. The summed E-state index contributed by atoms with van der Waals surface area (Å²) in [6.45, 7) is 18.2. The van der Waals surface area contributed by atoms with Crippen LogP contribution in [-0.2, 0) is 10.8 Å². The van der Waals surface area contributed by atoms with Gasteiger partial charge in [-0.25, -0.2) is 0 Å². The molecule has 220 valence electrons. The van der Waals surface area contributed by atoms with Crippen molar-refractivity contribution >= 4 is 28.5 Å². The van der Waals surface area contributed by atoms with Gasteiger partial charge in [-0.05, 0) is 58.6 Å². The third-order valence-electron chi connectivity index (χ3n) is 8.50. The van der Waals surface area contributed by atoms with Gasteiger partial charge < -0.3 is 5.73 Å². The number of rotatable bonds is 8. The van der Waals surface area contributed by atoms with Crippen molar-refractivity contribution in [3.8, 4) is 5.69 Å². The number of unbranched alkanes of at least 4 members (excludes halogenated alkanes) is 1. The Labute approximate surface area is 249 Å². The Balaban J connectivity index is 1.67. The monoisotopic (exact) mass is 565 g/mol. The zero-order chi connectivity index (χ0) is 30.6. The summed E-state index contributed by atoms with van der Waals surface area (Å²) < 4.78 is 0. The Morgan fingerprint density at radius 1 is 0.786 bits per heavy atom. The maximum absolute atomic E-state index is 13.1. The van der Waals surface area contributed by atoms with Crippen LogP contribution in [0.3, 0.4) is 0 Å². The molecule has 2 heterocycles. The molecule has 0 bridgehead atoms. The Kier molecular flexibility index (Phi) is 7.28. The zero-order valence-corrected chi connectivity index (χ0v) is 26.2. The first-order valence-corrected chi connectivity index (χ1v) is 14.9. The summed E-state index contributed by atoms with van der Waals surface area (Å²) in [6, 6.07) is 18.1. The van der Waals surface area contributed by atoms with E-state index in [0.29, 0.717) is 40.1 Å². The predicted octanol–water partition coefficient (Wildman–Crippen LogP) is 7.44. The molecule has 7 heteroatoms. The summed E-state index contributed by atoms with van der Waals surface area (Å²) in [5.41, 5.74) is 13.0. The van der Waals surface area contributed by atoms with Gasteiger partial charge in [0, 0.05) is 12.0 Å².